The van der Waals surface area contributed by atoms with Crippen LogP contribution >= 0.6 is 0 Å². The molecule has 0 heterocycles. The first-order chi connectivity index (χ1) is 11.0. The van der Waals surface area contributed by atoms with E-state index in [-0.39, 0.29) is 5.69 Å². The number of benzene rings is 2. The molecule has 0 saturated carbocycles. The number of nitrogens with one attached hydrogen (secondary N) is 1. The van der Waals surface area contributed by atoms with Gasteiger partial charge in [-0.3, -0.25) is 4.72 Å². The lowest BCUT2D eigenvalue weighted by molar-refractivity contribution is -0.137. The van der Waals surface area contributed by atoms with E-state index in [1.807, 2.05) is 4.72 Å². The molecule has 0 aliphatic carbocycles. The summed E-state index contributed by atoms with van der Waals surface area (Å²) in [5, 5.41) is 8.79. The molecule has 2 rings (SSSR count). The Bertz CT molecular complexity index is 894. The van der Waals surface area contributed by atoms with Gasteiger partial charge in [0.2, 0.25) is 0 Å². The smallest absolute Gasteiger partial charge is 0.416 e. The number of halogens is 4. The maximum Gasteiger partial charge on any atom is 0.416 e. The van der Waals surface area contributed by atoms with Gasteiger partial charge in [-0.1, -0.05) is 6.07 Å². The minimum atomic E-state index is -4.66. The first kappa shape index (κ1) is 17.7. The van der Waals surface area contributed by atoms with Crippen molar-refractivity contribution in [1.29, 1.82) is 0 Å². The van der Waals surface area contributed by atoms with Gasteiger partial charge in [0.05, 0.1) is 16.0 Å². The molecule has 0 aliphatic rings. The molecule has 0 spiro atoms. The maximum atomic E-state index is 13.3. The van der Waals surface area contributed by atoms with Gasteiger partial charge in [-0.2, -0.15) is 13.2 Å². The average molecular weight is 363 g/mol. The van der Waals surface area contributed by atoms with E-state index in [2.05, 4.69) is 0 Å². The maximum absolute atomic E-state index is 13.3. The molecule has 10 heteroatoms. The Kier molecular flexibility index (Phi) is 4.52. The van der Waals surface area contributed by atoms with E-state index in [1.165, 1.54) is 0 Å². The fraction of sp³-hybridized carbons (Fsp3) is 0.0714. The molecule has 0 aliphatic heterocycles. The summed E-state index contributed by atoms with van der Waals surface area (Å²) in [6.07, 6.45) is -4.66. The highest BCUT2D eigenvalue weighted by Gasteiger charge is 2.30. The Hall–Kier alpha value is -2.62. The number of carbonyl (C=O) groups is 1. The van der Waals surface area contributed by atoms with Crippen LogP contribution in [0.2, 0.25) is 0 Å². The number of carboxylic acids is 1. The molecule has 128 valence electrons. The second-order valence-corrected chi connectivity index (χ2v) is 6.31. The molecule has 0 atom stereocenters. The number of anilines is 1. The molecule has 2 aromatic carbocycles. The van der Waals surface area contributed by atoms with Crippen molar-refractivity contribution in [2.75, 3.05) is 4.72 Å². The summed E-state index contributed by atoms with van der Waals surface area (Å²) >= 11 is 0. The van der Waals surface area contributed by atoms with Crippen LogP contribution in [0.25, 0.3) is 0 Å². The third kappa shape index (κ3) is 3.82. The third-order valence-corrected chi connectivity index (χ3v) is 4.30. The van der Waals surface area contributed by atoms with Crippen LogP contribution in [0.15, 0.2) is 47.4 Å². The van der Waals surface area contributed by atoms with Gasteiger partial charge in [0.15, 0.2) is 0 Å². The Labute approximate surface area is 133 Å². The quantitative estimate of drug-likeness (QED) is 0.816. The van der Waals surface area contributed by atoms with Gasteiger partial charge in [0, 0.05) is 5.69 Å². The molecule has 0 fully saturated rings. The molecule has 0 bridgehead atoms. The van der Waals surface area contributed by atoms with Gasteiger partial charge >= 0.3 is 12.1 Å². The Morgan fingerprint density at radius 1 is 1.08 bits per heavy atom. The van der Waals surface area contributed by atoms with E-state index >= 15 is 0 Å². The summed E-state index contributed by atoms with van der Waals surface area (Å²) in [4.78, 5) is 10.2. The Morgan fingerprint density at radius 2 is 1.75 bits per heavy atom. The molecule has 0 unspecified atom stereocenters. The van der Waals surface area contributed by atoms with Gasteiger partial charge in [-0.15, -0.1) is 0 Å². The second-order valence-electron chi connectivity index (χ2n) is 4.63. The van der Waals surface area contributed by atoms with Crippen molar-refractivity contribution >= 4 is 21.7 Å². The molecule has 0 saturated heterocycles. The van der Waals surface area contributed by atoms with E-state index in [0.29, 0.717) is 18.2 Å². The van der Waals surface area contributed by atoms with Gasteiger partial charge in [0.25, 0.3) is 10.0 Å². The molecule has 0 aromatic heterocycles. The van der Waals surface area contributed by atoms with Crippen LogP contribution in [-0.2, 0) is 16.2 Å². The van der Waals surface area contributed by atoms with Gasteiger partial charge < -0.3 is 5.11 Å². The van der Waals surface area contributed by atoms with Crippen molar-refractivity contribution < 1.29 is 35.9 Å². The lowest BCUT2D eigenvalue weighted by Crippen LogP contribution is -2.15. The lowest BCUT2D eigenvalue weighted by Gasteiger charge is -2.11. The van der Waals surface area contributed by atoms with E-state index in [9.17, 15) is 30.8 Å². The molecule has 0 radical (unpaired) electrons. The third-order valence-electron chi connectivity index (χ3n) is 2.92. The van der Waals surface area contributed by atoms with Crippen molar-refractivity contribution in [2.45, 2.75) is 11.1 Å². The van der Waals surface area contributed by atoms with E-state index in [0.717, 1.165) is 24.3 Å². The highest BCUT2D eigenvalue weighted by Crippen LogP contribution is 2.31. The summed E-state index contributed by atoms with van der Waals surface area (Å²) in [5.74, 6) is -2.82. The first-order valence-electron chi connectivity index (χ1n) is 6.23. The zero-order valence-electron chi connectivity index (χ0n) is 11.6. The topological polar surface area (TPSA) is 83.5 Å². The summed E-state index contributed by atoms with van der Waals surface area (Å²) in [6, 6.07) is 5.47. The van der Waals surface area contributed by atoms with Crippen LogP contribution < -0.4 is 4.72 Å². The molecule has 2 N–H and O–H groups in total. The summed E-state index contributed by atoms with van der Waals surface area (Å²) < 4.78 is 77.3. The second kappa shape index (κ2) is 6.11. The fourth-order valence-corrected chi connectivity index (χ4v) is 2.88. The molecule has 0 amide bonds. The van der Waals surface area contributed by atoms with Crippen LogP contribution in [0.3, 0.4) is 0 Å². The van der Waals surface area contributed by atoms with Crippen LogP contribution in [0.4, 0.5) is 23.2 Å². The van der Waals surface area contributed by atoms with Gasteiger partial charge in [-0.05, 0) is 36.4 Å². The molecular weight excluding hydrogens is 354 g/mol. The number of carboxylic acid groups (broad SMARTS) is 1. The minimum Gasteiger partial charge on any atom is -0.478 e. The Morgan fingerprint density at radius 3 is 2.33 bits per heavy atom. The fourth-order valence-electron chi connectivity index (χ4n) is 1.81. The highest BCUT2D eigenvalue weighted by molar-refractivity contribution is 7.92. The van der Waals surface area contributed by atoms with Crippen molar-refractivity contribution in [2.24, 2.45) is 0 Å². The molecule has 2 aromatic rings. The van der Waals surface area contributed by atoms with Crippen LogP contribution in [-0.4, -0.2) is 19.5 Å². The van der Waals surface area contributed by atoms with E-state index < -0.39 is 44.0 Å². The van der Waals surface area contributed by atoms with Crippen molar-refractivity contribution in [3.8, 4) is 0 Å². The zero-order chi connectivity index (χ0) is 18.1. The minimum absolute atomic E-state index is 0.369. The number of hydrogen-bond donors (Lipinski definition) is 2. The highest BCUT2D eigenvalue weighted by atomic mass is 32.2. The van der Waals surface area contributed by atoms with Crippen molar-refractivity contribution in [3.63, 3.8) is 0 Å². The number of aromatic carboxylic acids is 1. The lowest BCUT2D eigenvalue weighted by atomic mass is 10.2. The SMILES string of the molecule is O=C(O)c1cc(S(=O)(=O)Nc2cccc(C(F)(F)F)c2)ccc1F. The van der Waals surface area contributed by atoms with Crippen LogP contribution in [0.5, 0.6) is 0 Å². The monoisotopic (exact) mass is 363 g/mol. The first-order valence-corrected chi connectivity index (χ1v) is 7.72. The average Bonchev–Trinajstić information content (AvgIpc) is 2.46. The number of sulfonamides is 1. The van der Waals surface area contributed by atoms with Crippen LogP contribution in [0, 0.1) is 5.82 Å². The van der Waals surface area contributed by atoms with E-state index in [4.69, 9.17) is 5.11 Å². The normalized spacial score (nSPS) is 12.0. The molecule has 5 nitrogen and oxygen atoms in total. The molecular formula is C14H9F4NO4S. The number of rotatable bonds is 4. The predicted octanol–water partition coefficient (Wildman–Crippen LogP) is 3.34. The van der Waals surface area contributed by atoms with Crippen molar-refractivity contribution in [3.05, 3.63) is 59.4 Å². The summed E-state index contributed by atoms with van der Waals surface area (Å²) in [5.41, 5.74) is -2.30. The summed E-state index contributed by atoms with van der Waals surface area (Å²) in [6.45, 7) is 0. The number of alkyl halides is 3. The van der Waals surface area contributed by atoms with E-state index in [1.54, 1.807) is 0 Å². The summed E-state index contributed by atoms with van der Waals surface area (Å²) in [7, 11) is -4.40. The van der Waals surface area contributed by atoms with Gasteiger partial charge in [-0.25, -0.2) is 17.6 Å². The Balaban J connectivity index is 2.39. The van der Waals surface area contributed by atoms with Gasteiger partial charge in [0.1, 0.15) is 5.82 Å². The zero-order valence-corrected chi connectivity index (χ0v) is 12.5. The standard InChI is InChI=1S/C14H9F4NO4S/c15-12-5-4-10(7-11(12)13(20)21)24(22,23)19-9-3-1-2-8(6-9)14(16,17)18/h1-7,19H,(H,20,21). The van der Waals surface area contributed by atoms with Crippen LogP contribution in [0.1, 0.15) is 15.9 Å². The van der Waals surface area contributed by atoms with Crippen molar-refractivity contribution in [1.82, 2.24) is 0 Å². The largest absolute Gasteiger partial charge is 0.478 e. The number of hydrogen-bond acceptors (Lipinski definition) is 3. The predicted molar refractivity (Wildman–Crippen MR) is 75.6 cm³/mol. The molecule has 24 heavy (non-hydrogen) atoms.